The summed E-state index contributed by atoms with van der Waals surface area (Å²) in [5, 5.41) is 0. The molecule has 0 rings (SSSR count). The zero-order valence-electron chi connectivity index (χ0n) is 20.0. The van der Waals surface area contributed by atoms with Gasteiger partial charge in [0.2, 0.25) is 0 Å². The lowest BCUT2D eigenvalue weighted by molar-refractivity contribution is 4.44. The molecule has 23 unspecified atom stereocenters. The first-order chi connectivity index (χ1) is 17.2. The van der Waals surface area contributed by atoms with Crippen molar-refractivity contribution >= 4 is 296 Å². The lowest BCUT2D eigenvalue weighted by Crippen LogP contribution is -1.62. The fourth-order valence-electron chi connectivity index (χ4n) is 1.90. The van der Waals surface area contributed by atoms with Gasteiger partial charge in [-0.3, -0.25) is 0 Å². The van der Waals surface area contributed by atoms with Gasteiger partial charge in [0.15, 0.2) is 0 Å². The van der Waals surface area contributed by atoms with Gasteiger partial charge >= 0.3 is 0 Å². The van der Waals surface area contributed by atoms with E-state index < -0.39 is 7.90 Å². The Morgan fingerprint density at radius 1 is 0.297 bits per heavy atom. The molecule has 0 aromatic carbocycles. The molecule has 37 heteroatoms. The Bertz CT molecular complexity index is 558. The van der Waals surface area contributed by atoms with Crippen LogP contribution in [-0.4, -0.2) is 1.28 Å². The van der Waals surface area contributed by atoms with Crippen molar-refractivity contribution in [1.29, 1.82) is 1.28 Å². The molecule has 0 saturated carbocycles. The summed E-state index contributed by atoms with van der Waals surface area (Å²) in [5.41, 5.74) is 0. The van der Waals surface area contributed by atoms with Crippen LogP contribution in [-0.2, 0) is 0 Å². The summed E-state index contributed by atoms with van der Waals surface area (Å²) < 4.78 is 10.7. The summed E-state index contributed by atoms with van der Waals surface area (Å²) >= 11 is 0. The van der Waals surface area contributed by atoms with E-state index in [-0.39, 0.29) is 119 Å². The number of rotatable bonds is 17. The maximum atomic E-state index is 10.7. The third-order valence-corrected chi connectivity index (χ3v) is 246. The smallest absolute Gasteiger partial charge is 0.0690 e. The van der Waals surface area contributed by atoms with Crippen LogP contribution in [0, 0.1) is 0 Å². The van der Waals surface area contributed by atoms with Crippen molar-refractivity contribution in [3.8, 4) is 0 Å². The minimum atomic E-state index is -0.772. The molecular formula is H39P37. The van der Waals surface area contributed by atoms with Gasteiger partial charge in [-0.1, -0.05) is 0 Å². The SMILES string of the molecule is [3H]P(P(P(P(P)P)P(P)P)P(P(P)P)P(P)P)P(P(P(P)P)P(P)P)P(P(P)P(P)P)P(P(P)P)P(P)P. The van der Waals surface area contributed by atoms with E-state index in [1.165, 1.54) is 0 Å². The third kappa shape index (κ3) is 20.2. The number of hydrogen-bond donors (Lipinski definition) is 0. The minimum Gasteiger partial charge on any atom is -0.102 e. The second-order valence-corrected chi connectivity index (χ2v) is 154. The van der Waals surface area contributed by atoms with Gasteiger partial charge in [-0.2, -0.15) is 0 Å². The van der Waals surface area contributed by atoms with E-state index in [1.807, 2.05) is 0 Å². The van der Waals surface area contributed by atoms with Crippen LogP contribution in [0.25, 0.3) is 0 Å². The molecule has 0 radical (unpaired) electrons. The second kappa shape index (κ2) is 29.2. The normalized spacial score (nSPS) is 17.7. The van der Waals surface area contributed by atoms with Crippen LogP contribution in [0.1, 0.15) is 0 Å². The Hall–Kier alpha value is 15.9. The van der Waals surface area contributed by atoms with Gasteiger partial charge in [-0.25, -0.2) is 0 Å². The Morgan fingerprint density at radius 2 is 0.514 bits per heavy atom. The van der Waals surface area contributed by atoms with Crippen LogP contribution in [0.5, 0.6) is 0 Å². The molecule has 0 N–H and O–H groups in total. The molecule has 0 saturated heterocycles. The van der Waals surface area contributed by atoms with Crippen molar-refractivity contribution < 1.29 is 0 Å². The van der Waals surface area contributed by atoms with Crippen molar-refractivity contribution in [2.75, 3.05) is 0 Å². The molecule has 0 nitrogen and oxygen atoms in total. The van der Waals surface area contributed by atoms with E-state index in [0.717, 1.165) is 0 Å². The fourth-order valence-corrected chi connectivity index (χ4v) is 462. The van der Waals surface area contributed by atoms with E-state index in [2.05, 4.69) is 170 Å². The molecule has 0 bridgehead atoms. The lowest BCUT2D eigenvalue weighted by Gasteiger charge is -2.50. The molecular weight excluding hydrogens is 1150 g/mol. The Balaban J connectivity index is 7.69. The fraction of sp³-hybridized carbons (Fsp3) is 0. The molecule has 23 atom stereocenters. The third-order valence-electron chi connectivity index (χ3n) is 3.03. The highest BCUT2D eigenvalue weighted by atomic mass is 33.5. The molecule has 0 aliphatic heterocycles. The molecule has 37 heavy (non-hydrogen) atoms. The van der Waals surface area contributed by atoms with Crippen LogP contribution in [0.15, 0.2) is 0 Å². The molecule has 0 fully saturated rings. The summed E-state index contributed by atoms with van der Waals surface area (Å²) in [7, 11) is 61.4. The molecule has 0 amide bonds. The Morgan fingerprint density at radius 3 is 0.703 bits per heavy atom. The van der Waals surface area contributed by atoms with Crippen LogP contribution in [0.2, 0.25) is 0 Å². The van der Waals surface area contributed by atoms with Gasteiger partial charge in [0.1, 0.15) is 0 Å². The first-order valence-electron chi connectivity index (χ1n) is 8.75. The first kappa shape index (κ1) is 50.9. The quantitative estimate of drug-likeness (QED) is 0.127. The van der Waals surface area contributed by atoms with Crippen molar-refractivity contribution in [3.05, 3.63) is 0 Å². The van der Waals surface area contributed by atoms with Crippen molar-refractivity contribution in [2.45, 2.75) is 0 Å². The molecule has 0 spiro atoms. The first-order valence-corrected chi connectivity index (χ1v) is 74.8. The predicted octanol–water partition coefficient (Wildman–Crippen LogP) is 21.4. The van der Waals surface area contributed by atoms with Gasteiger partial charge < -0.3 is 0 Å². The minimum absolute atomic E-state index is 0.119. The average Bonchev–Trinajstić information content (AvgIpc) is 2.71. The Labute approximate surface area is 294 Å². The lowest BCUT2D eigenvalue weighted by atomic mass is 28.5. The highest BCUT2D eigenvalue weighted by Crippen LogP contribution is 3.36. The van der Waals surface area contributed by atoms with E-state index >= 15 is 0 Å². The molecule has 0 aromatic rings. The maximum absolute atomic E-state index is 10.7. The van der Waals surface area contributed by atoms with Gasteiger partial charge in [0, 0.05) is 0 Å². The predicted molar refractivity (Wildman–Crippen MR) is 310 cm³/mol. The summed E-state index contributed by atoms with van der Waals surface area (Å²) in [6.45, 7) is -3.45. The highest BCUT2D eigenvalue weighted by Gasteiger charge is 2.48. The zero-order chi connectivity index (χ0) is 30.4. The van der Waals surface area contributed by atoms with E-state index in [4.69, 9.17) is 0 Å². The molecule has 0 aliphatic carbocycles. The van der Waals surface area contributed by atoms with Gasteiger partial charge in [0.25, 0.3) is 0 Å². The van der Waals surface area contributed by atoms with E-state index in [0.29, 0.717) is 0 Å². The van der Waals surface area contributed by atoms with Crippen molar-refractivity contribution in [1.82, 2.24) is 0 Å². The van der Waals surface area contributed by atoms with Gasteiger partial charge in [-0.15, -0.1) is 170 Å². The van der Waals surface area contributed by atoms with Crippen LogP contribution in [0.3, 0.4) is 0 Å². The topological polar surface area (TPSA) is 0 Å². The van der Waals surface area contributed by atoms with Gasteiger partial charge in [-0.05, 0) is 127 Å². The molecule has 224 valence electrons. The van der Waals surface area contributed by atoms with Crippen LogP contribution in [0.4, 0.5) is 0 Å². The second-order valence-electron chi connectivity index (χ2n) is 5.71. The van der Waals surface area contributed by atoms with E-state index in [1.54, 1.807) is 0 Å². The standard InChI is InChI=1S/H39P37/c1-21(2)30(19)37(36(28(15)16)29(17)18)32(35(26(11)12)27(13)14)20-31(33(22(3)4)23(5)6)34(24(7)8)25(9)10/h20H,1-19H2/i20T. The van der Waals surface area contributed by atoms with Gasteiger partial charge in [0.05, 0.1) is 1.28 Å². The molecule has 0 heterocycles. The van der Waals surface area contributed by atoms with Crippen LogP contribution >= 0.6 is 296 Å². The summed E-state index contributed by atoms with van der Waals surface area (Å²) in [6, 6.07) is 0. The largest absolute Gasteiger partial charge is 0.102 e. The Kier molecular flexibility index (Phi) is 40.2. The average molecular weight is 1190 g/mol. The highest BCUT2D eigenvalue weighted by molar-refractivity contribution is 9.42. The zero-order valence-corrected chi connectivity index (χ0v) is 57.1. The molecule has 0 aromatic heterocycles. The molecule has 0 aliphatic rings. The maximum Gasteiger partial charge on any atom is 0.0690 e. The van der Waals surface area contributed by atoms with Crippen molar-refractivity contribution in [2.24, 2.45) is 0 Å². The monoisotopic (exact) mass is 1190 g/mol. The van der Waals surface area contributed by atoms with Crippen molar-refractivity contribution in [3.63, 3.8) is 0 Å². The number of hydrogen-bond acceptors (Lipinski definition) is 0. The van der Waals surface area contributed by atoms with E-state index in [9.17, 15) is 1.28 Å². The summed E-state index contributed by atoms with van der Waals surface area (Å²) in [4.78, 5) is 0. The summed E-state index contributed by atoms with van der Waals surface area (Å²) in [5.74, 6) is 0. The summed E-state index contributed by atoms with van der Waals surface area (Å²) in [6.07, 6.45) is 0. The van der Waals surface area contributed by atoms with Crippen LogP contribution < -0.4 is 0 Å².